The number of carbonyl (C=O) groups excluding carboxylic acids is 1. The fourth-order valence-corrected chi connectivity index (χ4v) is 3.95. The van der Waals surface area contributed by atoms with Gasteiger partial charge in [-0.25, -0.2) is 0 Å². The van der Waals surface area contributed by atoms with E-state index < -0.39 is 6.10 Å². The molecule has 0 radical (unpaired) electrons. The van der Waals surface area contributed by atoms with E-state index >= 15 is 0 Å². The molecular formula is C23H23N3O3S. The lowest BCUT2D eigenvalue weighted by Crippen LogP contribution is -2.41. The topological polar surface area (TPSA) is 68.5 Å². The molecule has 0 saturated heterocycles. The Kier molecular flexibility index (Phi) is 6.09. The van der Waals surface area contributed by atoms with Gasteiger partial charge in [-0.3, -0.25) is 4.79 Å². The maximum Gasteiger partial charge on any atom is 0.264 e. The van der Waals surface area contributed by atoms with Crippen LogP contribution in [0.4, 0.5) is 0 Å². The Morgan fingerprint density at radius 3 is 2.73 bits per heavy atom. The molecule has 4 rings (SSSR count). The molecule has 0 aliphatic heterocycles. The molecule has 1 unspecified atom stereocenters. The van der Waals surface area contributed by atoms with Gasteiger partial charge >= 0.3 is 0 Å². The van der Waals surface area contributed by atoms with E-state index in [4.69, 9.17) is 9.26 Å². The zero-order valence-electron chi connectivity index (χ0n) is 16.9. The van der Waals surface area contributed by atoms with E-state index in [1.807, 2.05) is 73.8 Å². The lowest BCUT2D eigenvalue weighted by molar-refractivity contribution is -0.139. The smallest absolute Gasteiger partial charge is 0.264 e. The van der Waals surface area contributed by atoms with Crippen molar-refractivity contribution in [3.05, 3.63) is 65.9 Å². The van der Waals surface area contributed by atoms with Crippen LogP contribution in [-0.2, 0) is 11.3 Å². The second kappa shape index (κ2) is 9.09. The standard InChI is InChI=1S/C23H23N3O3S/c1-3-18(28-19-12-7-10-16-9-5-6-11-17(16)19)23(27)26(4-2)15-21-24-22(25-29-21)20-13-8-14-30-20/h5-14,18H,3-4,15H2,1-2H3. The molecule has 4 aromatic rings. The summed E-state index contributed by atoms with van der Waals surface area (Å²) in [6.07, 6.45) is -0.0292. The van der Waals surface area contributed by atoms with E-state index in [1.54, 1.807) is 16.2 Å². The van der Waals surface area contributed by atoms with Crippen LogP contribution in [0.5, 0.6) is 5.75 Å². The second-order valence-electron chi connectivity index (χ2n) is 6.83. The molecule has 1 amide bonds. The van der Waals surface area contributed by atoms with Gasteiger partial charge in [-0.1, -0.05) is 54.5 Å². The van der Waals surface area contributed by atoms with Crippen molar-refractivity contribution in [3.8, 4) is 16.5 Å². The van der Waals surface area contributed by atoms with Crippen LogP contribution in [0, 0.1) is 0 Å². The number of carbonyl (C=O) groups is 1. The third-order valence-corrected chi connectivity index (χ3v) is 5.76. The number of hydrogen-bond donors (Lipinski definition) is 0. The van der Waals surface area contributed by atoms with Gasteiger partial charge < -0.3 is 14.2 Å². The summed E-state index contributed by atoms with van der Waals surface area (Å²) in [7, 11) is 0. The molecule has 7 heteroatoms. The molecule has 2 aromatic carbocycles. The molecular weight excluding hydrogens is 398 g/mol. The van der Waals surface area contributed by atoms with Gasteiger partial charge in [-0.05, 0) is 36.2 Å². The Labute approximate surface area is 179 Å². The molecule has 6 nitrogen and oxygen atoms in total. The number of benzene rings is 2. The third-order valence-electron chi connectivity index (χ3n) is 4.89. The lowest BCUT2D eigenvalue weighted by atomic mass is 10.1. The summed E-state index contributed by atoms with van der Waals surface area (Å²) in [6.45, 7) is 4.65. The van der Waals surface area contributed by atoms with Gasteiger partial charge in [0.1, 0.15) is 12.3 Å². The number of nitrogens with zero attached hydrogens (tertiary/aromatic N) is 3. The molecule has 30 heavy (non-hydrogen) atoms. The SMILES string of the molecule is CCC(Oc1cccc2ccccc12)C(=O)N(CC)Cc1nc(-c2cccs2)no1. The van der Waals surface area contributed by atoms with Gasteiger partial charge in [-0.15, -0.1) is 11.3 Å². The quantitative estimate of drug-likeness (QED) is 0.393. The van der Waals surface area contributed by atoms with Gasteiger partial charge in [0.05, 0.1) is 4.88 Å². The summed E-state index contributed by atoms with van der Waals surface area (Å²) < 4.78 is 11.5. The Balaban J connectivity index is 1.50. The van der Waals surface area contributed by atoms with Crippen molar-refractivity contribution >= 4 is 28.0 Å². The summed E-state index contributed by atoms with van der Waals surface area (Å²) in [5.74, 6) is 1.57. The molecule has 0 spiro atoms. The minimum atomic E-state index is -0.588. The van der Waals surface area contributed by atoms with E-state index in [1.165, 1.54) is 0 Å². The van der Waals surface area contributed by atoms with Crippen LogP contribution >= 0.6 is 11.3 Å². The molecule has 0 aliphatic rings. The fourth-order valence-electron chi connectivity index (χ4n) is 3.30. The first kappa shape index (κ1) is 20.1. The maximum absolute atomic E-state index is 13.2. The highest BCUT2D eigenvalue weighted by Crippen LogP contribution is 2.27. The first-order valence-corrected chi connectivity index (χ1v) is 10.9. The van der Waals surface area contributed by atoms with Gasteiger partial charge in [0.2, 0.25) is 11.7 Å². The molecule has 154 valence electrons. The van der Waals surface area contributed by atoms with E-state index in [-0.39, 0.29) is 12.5 Å². The Hall–Kier alpha value is -3.19. The van der Waals surface area contributed by atoms with Crippen molar-refractivity contribution in [1.82, 2.24) is 15.0 Å². The predicted octanol–water partition coefficient (Wildman–Crippen LogP) is 5.16. The summed E-state index contributed by atoms with van der Waals surface area (Å²) in [6, 6.07) is 17.7. The summed E-state index contributed by atoms with van der Waals surface area (Å²) in [4.78, 5) is 20.3. The number of likely N-dealkylation sites (N-methyl/N-ethyl adjacent to an activating group) is 1. The highest BCUT2D eigenvalue weighted by Gasteiger charge is 2.26. The first-order valence-electron chi connectivity index (χ1n) is 9.99. The number of thiophene rings is 1. The van der Waals surface area contributed by atoms with Crippen LogP contribution in [-0.4, -0.2) is 33.6 Å². The maximum atomic E-state index is 13.2. The molecule has 0 aliphatic carbocycles. The first-order chi connectivity index (χ1) is 14.7. The van der Waals surface area contributed by atoms with Gasteiger partial charge in [-0.2, -0.15) is 4.98 Å². The largest absolute Gasteiger partial charge is 0.480 e. The number of aromatic nitrogens is 2. The number of hydrogen-bond acceptors (Lipinski definition) is 6. The average molecular weight is 422 g/mol. The van der Waals surface area contributed by atoms with Crippen LogP contribution < -0.4 is 4.74 Å². The lowest BCUT2D eigenvalue weighted by Gasteiger charge is -2.25. The molecule has 0 N–H and O–H groups in total. The Bertz CT molecular complexity index is 1120. The fraction of sp³-hybridized carbons (Fsp3) is 0.261. The number of amides is 1. The normalized spacial score (nSPS) is 12.1. The minimum absolute atomic E-state index is 0.0937. The Morgan fingerprint density at radius 1 is 1.13 bits per heavy atom. The molecule has 0 fully saturated rings. The summed E-state index contributed by atoms with van der Waals surface area (Å²) >= 11 is 1.55. The van der Waals surface area contributed by atoms with Crippen LogP contribution in [0.15, 0.2) is 64.5 Å². The molecule has 1 atom stereocenters. The second-order valence-corrected chi connectivity index (χ2v) is 7.78. The monoisotopic (exact) mass is 421 g/mol. The predicted molar refractivity (Wildman–Crippen MR) is 117 cm³/mol. The minimum Gasteiger partial charge on any atom is -0.480 e. The van der Waals surface area contributed by atoms with E-state index in [0.717, 1.165) is 15.6 Å². The van der Waals surface area contributed by atoms with Crippen molar-refractivity contribution in [2.24, 2.45) is 0 Å². The van der Waals surface area contributed by atoms with Crippen molar-refractivity contribution in [2.45, 2.75) is 32.9 Å². The molecule has 2 aromatic heterocycles. The Morgan fingerprint density at radius 2 is 1.97 bits per heavy atom. The van der Waals surface area contributed by atoms with Gasteiger partial charge in [0, 0.05) is 11.9 Å². The van der Waals surface area contributed by atoms with Crippen molar-refractivity contribution in [3.63, 3.8) is 0 Å². The van der Waals surface area contributed by atoms with Crippen LogP contribution in [0.2, 0.25) is 0 Å². The highest BCUT2D eigenvalue weighted by atomic mass is 32.1. The molecule has 2 heterocycles. The third kappa shape index (κ3) is 4.21. The van der Waals surface area contributed by atoms with Crippen LogP contribution in [0.3, 0.4) is 0 Å². The zero-order chi connectivity index (χ0) is 20.9. The van der Waals surface area contributed by atoms with Crippen LogP contribution in [0.25, 0.3) is 21.5 Å². The summed E-state index contributed by atoms with van der Waals surface area (Å²) in [5.41, 5.74) is 0. The average Bonchev–Trinajstić information content (AvgIpc) is 3.47. The van der Waals surface area contributed by atoms with Gasteiger partial charge in [0.25, 0.3) is 5.91 Å². The summed E-state index contributed by atoms with van der Waals surface area (Å²) in [5, 5.41) is 8.06. The van der Waals surface area contributed by atoms with E-state index in [0.29, 0.717) is 30.4 Å². The van der Waals surface area contributed by atoms with E-state index in [9.17, 15) is 4.79 Å². The van der Waals surface area contributed by atoms with Crippen LogP contribution in [0.1, 0.15) is 26.2 Å². The highest BCUT2D eigenvalue weighted by molar-refractivity contribution is 7.13. The van der Waals surface area contributed by atoms with Crippen molar-refractivity contribution < 1.29 is 14.1 Å². The van der Waals surface area contributed by atoms with E-state index in [2.05, 4.69) is 10.1 Å². The number of rotatable bonds is 8. The molecule has 0 saturated carbocycles. The van der Waals surface area contributed by atoms with Crippen molar-refractivity contribution in [2.75, 3.05) is 6.54 Å². The van der Waals surface area contributed by atoms with Crippen molar-refractivity contribution in [1.29, 1.82) is 0 Å². The number of fused-ring (bicyclic) bond motifs is 1. The molecule has 0 bridgehead atoms. The van der Waals surface area contributed by atoms with Gasteiger partial charge in [0.15, 0.2) is 6.10 Å². The zero-order valence-corrected chi connectivity index (χ0v) is 17.8. The number of ether oxygens (including phenoxy) is 1.